The van der Waals surface area contributed by atoms with Crippen LogP contribution in [0.3, 0.4) is 0 Å². The van der Waals surface area contributed by atoms with E-state index in [1.165, 1.54) is 0 Å². The van der Waals surface area contributed by atoms with Crippen LogP contribution in [0, 0.1) is 10.7 Å². The third-order valence-corrected chi connectivity index (χ3v) is 2.67. The van der Waals surface area contributed by atoms with Crippen molar-refractivity contribution in [3.05, 3.63) is 35.9 Å². The van der Waals surface area contributed by atoms with E-state index in [1.807, 2.05) is 23.6 Å². The number of hydrogen-bond donors (Lipinski definition) is 0. The maximum atomic E-state index is 11.9. The predicted octanol–water partition coefficient (Wildman–Crippen LogP) is 2.86. The molecule has 0 saturated heterocycles. The molecule has 72 valence electrons. The molecule has 0 fully saturated rings. The van der Waals surface area contributed by atoms with Crippen LogP contribution in [0.2, 0.25) is 0 Å². The Balaban J connectivity index is 2.92. The molecule has 0 aromatic heterocycles. The highest BCUT2D eigenvalue weighted by molar-refractivity contribution is 8.05. The minimum atomic E-state index is -0.671. The molecule has 0 atom stereocenters. The first-order valence-corrected chi connectivity index (χ1v) is 5.06. The van der Waals surface area contributed by atoms with Crippen LogP contribution in [0.4, 0.5) is 0 Å². The third kappa shape index (κ3) is 2.36. The monoisotopic (exact) mass is 205 g/mol. The summed E-state index contributed by atoms with van der Waals surface area (Å²) >= 11 is 0.993. The van der Waals surface area contributed by atoms with E-state index >= 15 is 0 Å². The predicted molar refractivity (Wildman–Crippen MR) is 58.1 cm³/mol. The highest BCUT2D eigenvalue weighted by Crippen LogP contribution is 2.27. The fraction of sp³-hybridized carbons (Fsp3) is 0.273. The Morgan fingerprint density at radius 2 is 1.93 bits per heavy atom. The van der Waals surface area contributed by atoms with E-state index in [-0.39, 0.29) is 5.78 Å². The molecule has 14 heavy (non-hydrogen) atoms. The van der Waals surface area contributed by atoms with Crippen LogP contribution in [0.25, 0.3) is 0 Å². The average molecular weight is 205 g/mol. The van der Waals surface area contributed by atoms with Gasteiger partial charge in [-0.25, -0.2) is 0 Å². The number of carbonyl (C=O) groups excluding carboxylic acids is 1. The molecule has 2 nitrogen and oxygen atoms in total. The van der Waals surface area contributed by atoms with Crippen molar-refractivity contribution < 1.29 is 4.79 Å². The Bertz CT molecular complexity index is 365. The van der Waals surface area contributed by atoms with E-state index in [4.69, 9.17) is 5.26 Å². The Kier molecular flexibility index (Phi) is 3.32. The first kappa shape index (κ1) is 10.8. The molecule has 0 bridgehead atoms. The van der Waals surface area contributed by atoms with Gasteiger partial charge < -0.3 is 0 Å². The van der Waals surface area contributed by atoms with Crippen LogP contribution in [-0.2, 0) is 0 Å². The van der Waals surface area contributed by atoms with Crippen LogP contribution in [-0.4, -0.2) is 10.5 Å². The first-order chi connectivity index (χ1) is 6.58. The summed E-state index contributed by atoms with van der Waals surface area (Å²) < 4.78 is -0.671. The number of ketones is 1. The number of rotatable bonds is 3. The Labute approximate surface area is 87.9 Å². The number of Topliss-reactive ketones (excluding diaryl/α,β-unsaturated/α-hetero) is 1. The molecule has 1 aromatic rings. The summed E-state index contributed by atoms with van der Waals surface area (Å²) in [6, 6.07) is 9.03. The van der Waals surface area contributed by atoms with E-state index in [0.29, 0.717) is 5.56 Å². The van der Waals surface area contributed by atoms with Crippen LogP contribution in [0.5, 0.6) is 0 Å². The largest absolute Gasteiger partial charge is 0.293 e. The van der Waals surface area contributed by atoms with Crippen molar-refractivity contribution in [1.82, 2.24) is 0 Å². The van der Waals surface area contributed by atoms with E-state index in [1.54, 1.807) is 26.0 Å². The summed E-state index contributed by atoms with van der Waals surface area (Å²) in [5.74, 6) is -0.00958. The lowest BCUT2D eigenvalue weighted by Gasteiger charge is -2.17. The van der Waals surface area contributed by atoms with E-state index in [9.17, 15) is 4.79 Å². The second kappa shape index (κ2) is 4.30. The highest BCUT2D eigenvalue weighted by atomic mass is 32.2. The van der Waals surface area contributed by atoms with Gasteiger partial charge in [0.15, 0.2) is 5.78 Å². The Hall–Kier alpha value is -1.27. The number of nitriles is 1. The molecule has 0 amide bonds. The zero-order valence-electron chi connectivity index (χ0n) is 8.15. The van der Waals surface area contributed by atoms with Crippen molar-refractivity contribution in [2.45, 2.75) is 18.6 Å². The van der Waals surface area contributed by atoms with Gasteiger partial charge >= 0.3 is 0 Å². The lowest BCUT2D eigenvalue weighted by atomic mass is 10.0. The number of thioether (sulfide) groups is 1. The van der Waals surface area contributed by atoms with Crippen molar-refractivity contribution in [1.29, 1.82) is 5.26 Å². The number of thiocyanates is 1. The summed E-state index contributed by atoms with van der Waals surface area (Å²) in [5, 5.41) is 10.5. The van der Waals surface area contributed by atoms with Gasteiger partial charge in [0.2, 0.25) is 0 Å². The van der Waals surface area contributed by atoms with Crippen LogP contribution in [0.15, 0.2) is 30.3 Å². The molecular weight excluding hydrogens is 194 g/mol. The second-order valence-electron chi connectivity index (χ2n) is 3.40. The van der Waals surface area contributed by atoms with Gasteiger partial charge in [-0.3, -0.25) is 4.79 Å². The highest BCUT2D eigenvalue weighted by Gasteiger charge is 2.29. The first-order valence-electron chi connectivity index (χ1n) is 4.25. The van der Waals surface area contributed by atoms with Crippen molar-refractivity contribution >= 4 is 17.5 Å². The number of nitrogens with zero attached hydrogens (tertiary/aromatic N) is 1. The van der Waals surface area contributed by atoms with Crippen LogP contribution in [0.1, 0.15) is 24.2 Å². The SMILES string of the molecule is CC(C)(SC#N)C(=O)c1ccccc1. The molecule has 3 heteroatoms. The minimum Gasteiger partial charge on any atom is -0.293 e. The maximum absolute atomic E-state index is 11.9. The molecule has 0 radical (unpaired) electrons. The molecule has 0 spiro atoms. The summed E-state index contributed by atoms with van der Waals surface area (Å²) in [5.41, 5.74) is 0.653. The lowest BCUT2D eigenvalue weighted by molar-refractivity contribution is 0.0958. The van der Waals surface area contributed by atoms with Gasteiger partial charge in [0.05, 0.1) is 4.75 Å². The molecule has 1 aromatic carbocycles. The van der Waals surface area contributed by atoms with Crippen molar-refractivity contribution in [3.63, 3.8) is 0 Å². The molecule has 0 heterocycles. The van der Waals surface area contributed by atoms with Gasteiger partial charge in [0, 0.05) is 5.56 Å². The van der Waals surface area contributed by atoms with Gasteiger partial charge in [0.1, 0.15) is 5.40 Å². The Morgan fingerprint density at radius 3 is 2.43 bits per heavy atom. The van der Waals surface area contributed by atoms with Crippen molar-refractivity contribution in [3.8, 4) is 5.40 Å². The van der Waals surface area contributed by atoms with Crippen molar-refractivity contribution in [2.75, 3.05) is 0 Å². The van der Waals surface area contributed by atoms with Gasteiger partial charge in [-0.15, -0.1) is 0 Å². The fourth-order valence-corrected chi connectivity index (χ4v) is 1.54. The fourth-order valence-electron chi connectivity index (χ4n) is 1.10. The van der Waals surface area contributed by atoms with Gasteiger partial charge in [0.25, 0.3) is 0 Å². The van der Waals surface area contributed by atoms with Crippen LogP contribution < -0.4 is 0 Å². The molecule has 0 aliphatic heterocycles. The molecular formula is C11H11NOS. The summed E-state index contributed by atoms with van der Waals surface area (Å²) in [6.45, 7) is 3.52. The summed E-state index contributed by atoms with van der Waals surface area (Å²) in [4.78, 5) is 11.9. The average Bonchev–Trinajstić information content (AvgIpc) is 2.18. The van der Waals surface area contributed by atoms with Gasteiger partial charge in [-0.05, 0) is 25.6 Å². The zero-order chi connectivity index (χ0) is 10.6. The van der Waals surface area contributed by atoms with Crippen molar-refractivity contribution in [2.24, 2.45) is 0 Å². The molecule has 0 N–H and O–H groups in total. The second-order valence-corrected chi connectivity index (χ2v) is 4.81. The summed E-state index contributed by atoms with van der Waals surface area (Å²) in [6.07, 6.45) is 0. The molecule has 0 aliphatic carbocycles. The number of carbonyl (C=O) groups is 1. The van der Waals surface area contributed by atoms with E-state index < -0.39 is 4.75 Å². The molecule has 0 saturated carbocycles. The molecule has 1 rings (SSSR count). The summed E-state index contributed by atoms with van der Waals surface area (Å²) in [7, 11) is 0. The quantitative estimate of drug-likeness (QED) is 0.562. The van der Waals surface area contributed by atoms with E-state index in [0.717, 1.165) is 11.8 Å². The Morgan fingerprint density at radius 1 is 1.36 bits per heavy atom. The van der Waals surface area contributed by atoms with Crippen LogP contribution >= 0.6 is 11.8 Å². The lowest BCUT2D eigenvalue weighted by Crippen LogP contribution is -2.27. The third-order valence-electron chi connectivity index (χ3n) is 1.88. The zero-order valence-corrected chi connectivity index (χ0v) is 8.97. The standard InChI is InChI=1S/C11H11NOS/c1-11(2,14-8-12)10(13)9-6-4-3-5-7-9/h3-7H,1-2H3. The normalized spacial score (nSPS) is 10.6. The van der Waals surface area contributed by atoms with Gasteiger partial charge in [-0.2, -0.15) is 5.26 Å². The maximum Gasteiger partial charge on any atom is 0.179 e. The van der Waals surface area contributed by atoms with Gasteiger partial charge in [-0.1, -0.05) is 30.3 Å². The molecule has 0 aliphatic rings. The van der Waals surface area contributed by atoms with E-state index in [2.05, 4.69) is 0 Å². The molecule has 0 unspecified atom stereocenters. The topological polar surface area (TPSA) is 40.9 Å². The number of hydrogen-bond acceptors (Lipinski definition) is 3. The minimum absolute atomic E-state index is 0.00958. The number of benzene rings is 1. The smallest absolute Gasteiger partial charge is 0.179 e.